The first-order valence-corrected chi connectivity index (χ1v) is 8.94. The first kappa shape index (κ1) is 20.4. The summed E-state index contributed by atoms with van der Waals surface area (Å²) in [7, 11) is 1.56. The molecule has 2 rings (SSSR count). The van der Waals surface area contributed by atoms with Gasteiger partial charge in [0.2, 0.25) is 0 Å². The van der Waals surface area contributed by atoms with E-state index in [4.69, 9.17) is 9.47 Å². The van der Waals surface area contributed by atoms with Gasteiger partial charge in [0.05, 0.1) is 6.61 Å². The Labute approximate surface area is 159 Å². The fourth-order valence-electron chi connectivity index (χ4n) is 2.75. The van der Waals surface area contributed by atoms with Gasteiger partial charge in [0.15, 0.2) is 0 Å². The van der Waals surface area contributed by atoms with Crippen LogP contribution in [-0.4, -0.2) is 43.6 Å². The van der Waals surface area contributed by atoms with Gasteiger partial charge in [0.25, 0.3) is 11.8 Å². The first-order valence-electron chi connectivity index (χ1n) is 8.94. The zero-order chi connectivity index (χ0) is 19.8. The summed E-state index contributed by atoms with van der Waals surface area (Å²) in [4.78, 5) is 26.4. The van der Waals surface area contributed by atoms with Crippen LogP contribution in [0.3, 0.4) is 0 Å². The predicted octanol–water partition coefficient (Wildman–Crippen LogP) is 3.10. The second-order valence-corrected chi connectivity index (χ2v) is 6.20. The van der Waals surface area contributed by atoms with Crippen molar-refractivity contribution in [2.75, 3.05) is 26.9 Å². The average molecular weight is 368 g/mol. The number of benzene rings is 1. The van der Waals surface area contributed by atoms with Crippen molar-refractivity contribution in [1.29, 1.82) is 5.26 Å². The fraction of sp³-hybridized carbons (Fsp3) is 0.381. The van der Waals surface area contributed by atoms with E-state index in [0.29, 0.717) is 30.8 Å². The van der Waals surface area contributed by atoms with Gasteiger partial charge in [0, 0.05) is 25.8 Å². The van der Waals surface area contributed by atoms with E-state index in [1.54, 1.807) is 20.1 Å². The van der Waals surface area contributed by atoms with E-state index in [1.807, 2.05) is 37.3 Å². The monoisotopic (exact) mass is 368 g/mol. The number of methoxy groups -OCH3 is 1. The lowest BCUT2D eigenvalue weighted by Gasteiger charge is -2.27. The number of imide groups is 1. The standard InChI is InChI=1S/C21H24N2O4/c1-4-11-27-17-8-6-16(7-9-17)13-18-15(2)19(14-22)21(25)23(20(18)24)10-5-12-26-3/h6-9,13H,4-5,10-12H2,1-3H3/b18-13+. The van der Waals surface area contributed by atoms with Gasteiger partial charge in [-0.15, -0.1) is 0 Å². The van der Waals surface area contributed by atoms with Gasteiger partial charge in [-0.2, -0.15) is 5.26 Å². The molecule has 0 unspecified atom stereocenters. The molecule has 0 aromatic heterocycles. The third-order valence-corrected chi connectivity index (χ3v) is 4.22. The minimum atomic E-state index is -0.545. The molecule has 0 saturated heterocycles. The fourth-order valence-corrected chi connectivity index (χ4v) is 2.75. The van der Waals surface area contributed by atoms with Gasteiger partial charge in [-0.1, -0.05) is 19.1 Å². The summed E-state index contributed by atoms with van der Waals surface area (Å²) in [6.07, 6.45) is 3.14. The largest absolute Gasteiger partial charge is 0.494 e. The van der Waals surface area contributed by atoms with Crippen LogP contribution in [0.5, 0.6) is 5.75 Å². The zero-order valence-corrected chi connectivity index (χ0v) is 15.9. The Morgan fingerprint density at radius 1 is 1.15 bits per heavy atom. The van der Waals surface area contributed by atoms with Crippen LogP contribution >= 0.6 is 0 Å². The summed E-state index contributed by atoms with van der Waals surface area (Å²) in [6, 6.07) is 9.29. The number of carbonyl (C=O) groups is 2. The smallest absolute Gasteiger partial charge is 0.271 e. The van der Waals surface area contributed by atoms with E-state index in [9.17, 15) is 14.9 Å². The molecule has 27 heavy (non-hydrogen) atoms. The van der Waals surface area contributed by atoms with Crippen molar-refractivity contribution < 1.29 is 19.1 Å². The second-order valence-electron chi connectivity index (χ2n) is 6.20. The molecule has 0 aliphatic carbocycles. The van der Waals surface area contributed by atoms with Crippen LogP contribution < -0.4 is 4.74 Å². The average Bonchev–Trinajstić information content (AvgIpc) is 2.67. The van der Waals surface area contributed by atoms with Crippen molar-refractivity contribution in [2.24, 2.45) is 0 Å². The molecule has 1 aromatic rings. The molecule has 142 valence electrons. The molecule has 0 atom stereocenters. The minimum Gasteiger partial charge on any atom is -0.494 e. The normalized spacial score (nSPS) is 16.1. The van der Waals surface area contributed by atoms with Crippen LogP contribution in [0.1, 0.15) is 32.3 Å². The minimum absolute atomic E-state index is 0.00108. The highest BCUT2D eigenvalue weighted by Gasteiger charge is 2.34. The number of amides is 2. The lowest BCUT2D eigenvalue weighted by atomic mass is 9.93. The Bertz CT molecular complexity index is 800. The molecule has 0 bridgehead atoms. The van der Waals surface area contributed by atoms with Crippen molar-refractivity contribution in [3.63, 3.8) is 0 Å². The summed E-state index contributed by atoms with van der Waals surface area (Å²) in [6.45, 7) is 4.95. The summed E-state index contributed by atoms with van der Waals surface area (Å²) < 4.78 is 10.5. The van der Waals surface area contributed by atoms with Gasteiger partial charge in [-0.25, -0.2) is 0 Å². The van der Waals surface area contributed by atoms with Crippen LogP contribution in [0.15, 0.2) is 41.0 Å². The van der Waals surface area contributed by atoms with Gasteiger partial charge in [-0.05, 0) is 49.1 Å². The maximum atomic E-state index is 12.8. The Morgan fingerprint density at radius 3 is 2.44 bits per heavy atom. The molecular weight excluding hydrogens is 344 g/mol. The Balaban J connectivity index is 2.33. The number of hydrogen-bond donors (Lipinski definition) is 0. The second kappa shape index (κ2) is 9.70. The van der Waals surface area contributed by atoms with E-state index in [1.165, 1.54) is 0 Å². The van der Waals surface area contributed by atoms with Crippen molar-refractivity contribution in [1.82, 2.24) is 4.90 Å². The molecule has 0 saturated carbocycles. The van der Waals surface area contributed by atoms with E-state index in [0.717, 1.165) is 22.6 Å². The quantitative estimate of drug-likeness (QED) is 0.400. The SMILES string of the molecule is CCCOc1ccc(/C=C2/C(=O)N(CCCOC)C(=O)C(C#N)=C2C)cc1. The van der Waals surface area contributed by atoms with Crippen molar-refractivity contribution in [2.45, 2.75) is 26.7 Å². The molecule has 6 heteroatoms. The van der Waals surface area contributed by atoms with E-state index in [-0.39, 0.29) is 18.0 Å². The summed E-state index contributed by atoms with van der Waals surface area (Å²) in [5.41, 5.74) is 1.55. The molecule has 0 fully saturated rings. The number of nitrogens with zero attached hydrogens (tertiary/aromatic N) is 2. The molecule has 0 radical (unpaired) electrons. The zero-order valence-electron chi connectivity index (χ0n) is 15.9. The molecular formula is C21H24N2O4. The first-order chi connectivity index (χ1) is 13.0. The van der Waals surface area contributed by atoms with Crippen LogP contribution in [0, 0.1) is 11.3 Å². The highest BCUT2D eigenvalue weighted by atomic mass is 16.5. The Kier molecular flexibility index (Phi) is 7.33. The third-order valence-electron chi connectivity index (χ3n) is 4.22. The lowest BCUT2D eigenvalue weighted by molar-refractivity contribution is -0.140. The molecule has 6 nitrogen and oxygen atoms in total. The van der Waals surface area contributed by atoms with Crippen molar-refractivity contribution in [3.05, 3.63) is 46.5 Å². The highest BCUT2D eigenvalue weighted by Crippen LogP contribution is 2.27. The molecule has 1 aliphatic rings. The number of rotatable bonds is 8. The molecule has 1 aliphatic heterocycles. The number of ether oxygens (including phenoxy) is 2. The topological polar surface area (TPSA) is 79.6 Å². The van der Waals surface area contributed by atoms with E-state index in [2.05, 4.69) is 0 Å². The van der Waals surface area contributed by atoms with E-state index >= 15 is 0 Å². The highest BCUT2D eigenvalue weighted by molar-refractivity contribution is 6.19. The van der Waals surface area contributed by atoms with Crippen LogP contribution in [-0.2, 0) is 14.3 Å². The molecule has 1 heterocycles. The number of carbonyl (C=O) groups excluding carboxylic acids is 2. The van der Waals surface area contributed by atoms with Gasteiger partial charge < -0.3 is 9.47 Å². The third kappa shape index (κ3) is 4.83. The molecule has 1 aromatic carbocycles. The van der Waals surface area contributed by atoms with Crippen molar-refractivity contribution >= 4 is 17.9 Å². The molecule has 2 amide bonds. The van der Waals surface area contributed by atoms with Crippen LogP contribution in [0.2, 0.25) is 0 Å². The predicted molar refractivity (Wildman–Crippen MR) is 102 cm³/mol. The summed E-state index contributed by atoms with van der Waals surface area (Å²) >= 11 is 0. The Hall–Kier alpha value is -2.91. The Morgan fingerprint density at radius 2 is 1.85 bits per heavy atom. The number of nitriles is 1. The van der Waals surface area contributed by atoms with Gasteiger partial charge >= 0.3 is 0 Å². The number of hydrogen-bond acceptors (Lipinski definition) is 5. The van der Waals surface area contributed by atoms with Gasteiger partial charge in [-0.3, -0.25) is 14.5 Å². The summed E-state index contributed by atoms with van der Waals surface area (Å²) in [5.74, 6) is -0.175. The maximum Gasteiger partial charge on any atom is 0.271 e. The van der Waals surface area contributed by atoms with Crippen LogP contribution in [0.4, 0.5) is 0 Å². The van der Waals surface area contributed by atoms with Gasteiger partial charge in [0.1, 0.15) is 17.4 Å². The lowest BCUT2D eigenvalue weighted by Crippen LogP contribution is -2.43. The van der Waals surface area contributed by atoms with E-state index < -0.39 is 5.91 Å². The summed E-state index contributed by atoms with van der Waals surface area (Å²) in [5, 5.41) is 9.38. The molecule has 0 N–H and O–H groups in total. The molecule has 0 spiro atoms. The van der Waals surface area contributed by atoms with Crippen molar-refractivity contribution in [3.8, 4) is 11.8 Å². The van der Waals surface area contributed by atoms with Crippen LogP contribution in [0.25, 0.3) is 6.08 Å². The maximum absolute atomic E-state index is 12.8.